The molecule has 0 saturated heterocycles. The molecule has 1 aliphatic rings. The molecule has 2 N–H and O–H groups in total. The smallest absolute Gasteiger partial charge is 0.328 e. The van der Waals surface area contributed by atoms with Crippen LogP contribution >= 0.6 is 0 Å². The Kier molecular flexibility index (Phi) is 2.72. The first-order valence-corrected chi connectivity index (χ1v) is 5.81. The van der Waals surface area contributed by atoms with Crippen LogP contribution in [0, 0.1) is 0 Å². The lowest BCUT2D eigenvalue weighted by Crippen LogP contribution is -2.28. The molecule has 98 valence electrons. The Labute approximate surface area is 108 Å². The third-order valence-corrected chi connectivity index (χ3v) is 3.02. The summed E-state index contributed by atoms with van der Waals surface area (Å²) in [4.78, 5) is 27.6. The number of rotatable bonds is 2. The quantitative estimate of drug-likeness (QED) is 0.717. The molecule has 2 aromatic rings. The number of fused-ring (bicyclic) bond motifs is 2. The third-order valence-electron chi connectivity index (χ3n) is 3.02. The average Bonchev–Trinajstić information content (AvgIpc) is 2.37. The first-order chi connectivity index (χ1) is 9.17. The third kappa shape index (κ3) is 2.06. The van der Waals surface area contributed by atoms with Crippen LogP contribution in [0.5, 0.6) is 11.6 Å². The lowest BCUT2D eigenvalue weighted by molar-refractivity contribution is 0.185. The Balaban J connectivity index is 2.07. The van der Waals surface area contributed by atoms with E-state index in [-0.39, 0.29) is 5.88 Å². The maximum Gasteiger partial charge on any atom is 0.328 e. The summed E-state index contributed by atoms with van der Waals surface area (Å²) in [6.45, 7) is 0.502. The lowest BCUT2D eigenvalue weighted by atomic mass is 10.0. The van der Waals surface area contributed by atoms with Gasteiger partial charge in [0, 0.05) is 13.5 Å². The van der Waals surface area contributed by atoms with Gasteiger partial charge in [0.2, 0.25) is 5.88 Å². The van der Waals surface area contributed by atoms with Crippen LogP contribution in [-0.2, 0) is 17.8 Å². The van der Waals surface area contributed by atoms with E-state index in [4.69, 9.17) is 9.47 Å². The molecule has 0 atom stereocenters. The minimum Gasteiger partial charge on any atom is -0.440 e. The predicted octanol–water partition coefficient (Wildman–Crippen LogP) is 0.906. The van der Waals surface area contributed by atoms with Gasteiger partial charge in [0.25, 0.3) is 5.56 Å². The molecular weight excluding hydrogens is 248 g/mol. The molecule has 3 rings (SSSR count). The van der Waals surface area contributed by atoms with E-state index in [0.717, 1.165) is 11.1 Å². The van der Waals surface area contributed by atoms with Crippen molar-refractivity contribution in [3.8, 4) is 11.6 Å². The molecule has 0 amide bonds. The minimum absolute atomic E-state index is 0.223. The van der Waals surface area contributed by atoms with Gasteiger partial charge in [0.15, 0.2) is 0 Å². The van der Waals surface area contributed by atoms with Crippen LogP contribution in [0.1, 0.15) is 16.7 Å². The molecule has 1 aliphatic heterocycles. The average molecular weight is 260 g/mol. The number of hydrogen-bond donors (Lipinski definition) is 2. The molecule has 19 heavy (non-hydrogen) atoms. The Hall–Kier alpha value is -2.34. The van der Waals surface area contributed by atoms with Crippen molar-refractivity contribution in [3.63, 3.8) is 0 Å². The second-order valence-electron chi connectivity index (χ2n) is 4.37. The summed E-state index contributed by atoms with van der Waals surface area (Å²) in [7, 11) is 1.63. The second kappa shape index (κ2) is 4.40. The van der Waals surface area contributed by atoms with Gasteiger partial charge in [0.1, 0.15) is 5.75 Å². The molecule has 0 spiro atoms. The largest absolute Gasteiger partial charge is 0.440 e. The molecule has 0 bridgehead atoms. The van der Waals surface area contributed by atoms with E-state index in [2.05, 4.69) is 9.97 Å². The highest BCUT2D eigenvalue weighted by Crippen LogP contribution is 2.33. The van der Waals surface area contributed by atoms with Crippen molar-refractivity contribution < 1.29 is 9.47 Å². The first kappa shape index (κ1) is 11.7. The molecule has 6 nitrogen and oxygen atoms in total. The van der Waals surface area contributed by atoms with Gasteiger partial charge in [-0.05, 0) is 23.3 Å². The van der Waals surface area contributed by atoms with E-state index < -0.39 is 11.2 Å². The zero-order valence-electron chi connectivity index (χ0n) is 10.3. The van der Waals surface area contributed by atoms with Crippen LogP contribution in [-0.4, -0.2) is 17.1 Å². The van der Waals surface area contributed by atoms with Gasteiger partial charge < -0.3 is 9.47 Å². The van der Waals surface area contributed by atoms with Crippen LogP contribution < -0.4 is 16.0 Å². The van der Waals surface area contributed by atoms with Gasteiger partial charge in [-0.15, -0.1) is 0 Å². The molecule has 0 aliphatic carbocycles. The summed E-state index contributed by atoms with van der Waals surface area (Å²) in [5.41, 5.74) is 1.36. The predicted molar refractivity (Wildman–Crippen MR) is 67.7 cm³/mol. The molecule has 2 heterocycles. The van der Waals surface area contributed by atoms with Crippen LogP contribution in [0.15, 0.2) is 27.8 Å². The van der Waals surface area contributed by atoms with Crippen molar-refractivity contribution in [2.24, 2.45) is 0 Å². The molecule has 0 radical (unpaired) electrons. The fourth-order valence-electron chi connectivity index (χ4n) is 2.17. The van der Waals surface area contributed by atoms with Crippen molar-refractivity contribution >= 4 is 0 Å². The minimum atomic E-state index is -0.566. The topological polar surface area (TPSA) is 84.2 Å². The van der Waals surface area contributed by atoms with E-state index in [0.29, 0.717) is 24.3 Å². The molecule has 0 fully saturated rings. The number of hydrogen-bond acceptors (Lipinski definition) is 4. The SMILES string of the molecule is COCc1ccc2c(c1)Cc1c([nH]c(=O)[nH]c1=O)O2. The fraction of sp³-hybridized carbons (Fsp3) is 0.231. The molecule has 0 saturated carbocycles. The number of benzene rings is 1. The Morgan fingerprint density at radius 3 is 2.95 bits per heavy atom. The molecule has 0 unspecified atom stereocenters. The zero-order valence-corrected chi connectivity index (χ0v) is 10.3. The van der Waals surface area contributed by atoms with Crippen molar-refractivity contribution in [1.82, 2.24) is 9.97 Å². The Morgan fingerprint density at radius 2 is 2.16 bits per heavy atom. The highest BCUT2D eigenvalue weighted by Gasteiger charge is 2.21. The summed E-state index contributed by atoms with van der Waals surface area (Å²) in [5.74, 6) is 0.870. The number of ether oxygens (including phenoxy) is 2. The van der Waals surface area contributed by atoms with Crippen molar-refractivity contribution in [3.05, 3.63) is 55.7 Å². The summed E-state index contributed by atoms with van der Waals surface area (Å²) >= 11 is 0. The van der Waals surface area contributed by atoms with Crippen molar-refractivity contribution in [2.75, 3.05) is 7.11 Å². The number of aromatic amines is 2. The molecule has 1 aromatic heterocycles. The van der Waals surface area contributed by atoms with E-state index >= 15 is 0 Å². The summed E-state index contributed by atoms with van der Waals surface area (Å²) in [6.07, 6.45) is 0.425. The number of aromatic nitrogens is 2. The summed E-state index contributed by atoms with van der Waals surface area (Å²) in [5, 5.41) is 0. The van der Waals surface area contributed by atoms with Gasteiger partial charge in [-0.2, -0.15) is 0 Å². The van der Waals surface area contributed by atoms with Crippen LogP contribution in [0.25, 0.3) is 0 Å². The first-order valence-electron chi connectivity index (χ1n) is 5.81. The van der Waals surface area contributed by atoms with E-state index in [9.17, 15) is 9.59 Å². The number of H-pyrrole nitrogens is 2. The molecular formula is C13H12N2O4. The van der Waals surface area contributed by atoms with Crippen molar-refractivity contribution in [1.29, 1.82) is 0 Å². The normalized spacial score (nSPS) is 12.5. The lowest BCUT2D eigenvalue weighted by Gasteiger charge is -2.19. The number of nitrogens with one attached hydrogen (secondary N) is 2. The van der Waals surface area contributed by atoms with Crippen LogP contribution in [0.4, 0.5) is 0 Å². The van der Waals surface area contributed by atoms with E-state index in [1.165, 1.54) is 0 Å². The van der Waals surface area contributed by atoms with Crippen LogP contribution in [0.2, 0.25) is 0 Å². The van der Waals surface area contributed by atoms with Gasteiger partial charge in [-0.3, -0.25) is 14.8 Å². The summed E-state index contributed by atoms with van der Waals surface area (Å²) < 4.78 is 10.6. The summed E-state index contributed by atoms with van der Waals surface area (Å²) in [6, 6.07) is 5.64. The van der Waals surface area contributed by atoms with Gasteiger partial charge in [-0.1, -0.05) is 6.07 Å². The Morgan fingerprint density at radius 1 is 1.32 bits per heavy atom. The van der Waals surface area contributed by atoms with Crippen LogP contribution in [0.3, 0.4) is 0 Å². The highest BCUT2D eigenvalue weighted by molar-refractivity contribution is 5.47. The second-order valence-corrected chi connectivity index (χ2v) is 4.37. The van der Waals surface area contributed by atoms with Gasteiger partial charge >= 0.3 is 5.69 Å². The maximum atomic E-state index is 11.7. The monoisotopic (exact) mass is 260 g/mol. The fourth-order valence-corrected chi connectivity index (χ4v) is 2.17. The van der Waals surface area contributed by atoms with Gasteiger partial charge in [-0.25, -0.2) is 4.79 Å². The van der Waals surface area contributed by atoms with Crippen molar-refractivity contribution in [2.45, 2.75) is 13.0 Å². The van der Waals surface area contributed by atoms with E-state index in [1.54, 1.807) is 7.11 Å². The highest BCUT2D eigenvalue weighted by atomic mass is 16.5. The number of methoxy groups -OCH3 is 1. The van der Waals surface area contributed by atoms with Gasteiger partial charge in [0.05, 0.1) is 12.2 Å². The van der Waals surface area contributed by atoms with E-state index in [1.807, 2.05) is 18.2 Å². The molecule has 1 aromatic carbocycles. The maximum absolute atomic E-state index is 11.7. The Bertz CT molecular complexity index is 745. The standard InChI is InChI=1S/C13H12N2O4/c1-18-6-7-2-3-10-8(4-7)5-9-11(16)14-13(17)15-12(9)19-10/h2-4H,5-6H2,1H3,(H2,14,15,16,17). The molecule has 6 heteroatoms. The zero-order chi connectivity index (χ0) is 13.4.